The van der Waals surface area contributed by atoms with E-state index in [1.165, 1.54) is 16.5 Å². The summed E-state index contributed by atoms with van der Waals surface area (Å²) in [5.41, 5.74) is 5.40. The summed E-state index contributed by atoms with van der Waals surface area (Å²) in [5.74, 6) is -1.44. The second kappa shape index (κ2) is 6.77. The van der Waals surface area contributed by atoms with Crippen molar-refractivity contribution in [2.75, 3.05) is 12.3 Å². The summed E-state index contributed by atoms with van der Waals surface area (Å²) < 4.78 is 47.4. The van der Waals surface area contributed by atoms with Crippen molar-refractivity contribution in [2.24, 2.45) is 0 Å². The molecule has 0 fully saturated rings. The predicted octanol–water partition coefficient (Wildman–Crippen LogP) is 2.98. The molecule has 2 heterocycles. The molecule has 3 aromatic rings. The van der Waals surface area contributed by atoms with Crippen LogP contribution in [0.3, 0.4) is 0 Å². The van der Waals surface area contributed by atoms with Crippen LogP contribution in [0.25, 0.3) is 16.4 Å². The van der Waals surface area contributed by atoms with Gasteiger partial charge in [0.05, 0.1) is 28.8 Å². The molecule has 0 atom stereocenters. The van der Waals surface area contributed by atoms with Crippen molar-refractivity contribution in [1.29, 1.82) is 5.26 Å². The van der Waals surface area contributed by atoms with Gasteiger partial charge in [-0.1, -0.05) is 0 Å². The number of alkyl halides is 3. The van der Waals surface area contributed by atoms with E-state index in [4.69, 9.17) is 10.5 Å². The van der Waals surface area contributed by atoms with Gasteiger partial charge in [0, 0.05) is 11.5 Å². The lowest BCUT2D eigenvalue weighted by Crippen LogP contribution is -2.18. The maximum atomic E-state index is 12.5. The largest absolute Gasteiger partial charge is 0.573 e. The van der Waals surface area contributed by atoms with Gasteiger partial charge < -0.3 is 15.2 Å². The molecule has 0 aliphatic carbocycles. The Kier molecular flexibility index (Phi) is 4.60. The average Bonchev–Trinajstić information content (AvgIpc) is 2.61. The number of carbonyl (C=O) groups is 1. The Morgan fingerprint density at radius 1 is 1.25 bits per heavy atom. The fourth-order valence-corrected chi connectivity index (χ4v) is 2.83. The zero-order chi connectivity index (χ0) is 20.6. The van der Waals surface area contributed by atoms with Gasteiger partial charge in [0.15, 0.2) is 5.43 Å². The Labute approximate surface area is 155 Å². The number of nitrogen functional groups attached to an aromatic ring is 1. The molecular weight excluding hydrogens is 379 g/mol. The summed E-state index contributed by atoms with van der Waals surface area (Å²) in [6.07, 6.45) is -4.93. The number of nitrogens with zero attached hydrogens (tertiary/aromatic N) is 2. The van der Waals surface area contributed by atoms with Gasteiger partial charge in [-0.3, -0.25) is 9.20 Å². The van der Waals surface area contributed by atoms with Crippen LogP contribution in [0.1, 0.15) is 22.8 Å². The number of hydrogen-bond donors (Lipinski definition) is 1. The molecule has 0 radical (unpaired) electrons. The van der Waals surface area contributed by atoms with Gasteiger partial charge in [-0.2, -0.15) is 5.26 Å². The summed E-state index contributed by atoms with van der Waals surface area (Å²) in [5, 5.41) is 9.18. The van der Waals surface area contributed by atoms with E-state index in [1.54, 1.807) is 6.92 Å². The van der Waals surface area contributed by atoms with Crippen molar-refractivity contribution < 1.29 is 27.4 Å². The number of benzene rings is 1. The van der Waals surface area contributed by atoms with E-state index in [1.807, 2.05) is 6.07 Å². The number of rotatable bonds is 3. The van der Waals surface area contributed by atoms with Gasteiger partial charge >= 0.3 is 12.3 Å². The average molecular weight is 391 g/mol. The van der Waals surface area contributed by atoms with Crippen molar-refractivity contribution in [3.63, 3.8) is 0 Å². The SMILES string of the molecule is CCOC(=O)c1cc(C#N)c(N)n2c1cc(=O)c1cc(OC(F)(F)F)ccc12. The van der Waals surface area contributed by atoms with Crippen LogP contribution < -0.4 is 15.9 Å². The number of pyridine rings is 2. The second-order valence-electron chi connectivity index (χ2n) is 5.65. The Morgan fingerprint density at radius 2 is 1.96 bits per heavy atom. The third-order valence-electron chi connectivity index (χ3n) is 3.91. The molecule has 0 aliphatic heterocycles. The minimum absolute atomic E-state index is 0.0591. The first-order valence-electron chi connectivity index (χ1n) is 7.91. The maximum absolute atomic E-state index is 12.5. The molecule has 3 rings (SSSR count). The number of anilines is 1. The zero-order valence-electron chi connectivity index (χ0n) is 14.3. The first kappa shape index (κ1) is 19.0. The molecule has 10 heteroatoms. The maximum Gasteiger partial charge on any atom is 0.573 e. The number of hydrogen-bond acceptors (Lipinski definition) is 6. The minimum Gasteiger partial charge on any atom is -0.462 e. The third-order valence-corrected chi connectivity index (χ3v) is 3.91. The molecule has 0 bridgehead atoms. The molecule has 0 aliphatic rings. The standard InChI is InChI=1S/C18H12F3N3O4/c1-2-27-17(26)12-5-9(8-22)16(23)24-13-4-3-10(28-18(19,20)21)6-11(13)15(25)7-14(12)24/h3-7H,2,23H2,1H3. The van der Waals surface area contributed by atoms with Gasteiger partial charge in [-0.25, -0.2) is 4.79 Å². The molecule has 1 aromatic carbocycles. The van der Waals surface area contributed by atoms with Crippen molar-refractivity contribution >= 4 is 28.2 Å². The quantitative estimate of drug-likeness (QED) is 0.543. The summed E-state index contributed by atoms with van der Waals surface area (Å²) in [7, 11) is 0. The van der Waals surface area contributed by atoms with E-state index in [2.05, 4.69) is 4.74 Å². The molecule has 0 saturated heterocycles. The second-order valence-corrected chi connectivity index (χ2v) is 5.65. The van der Waals surface area contributed by atoms with Crippen LogP contribution in [0, 0.1) is 11.3 Å². The van der Waals surface area contributed by atoms with E-state index < -0.39 is 23.5 Å². The molecule has 0 amide bonds. The number of esters is 1. The van der Waals surface area contributed by atoms with Crippen LogP contribution >= 0.6 is 0 Å². The first-order chi connectivity index (χ1) is 13.2. The Bertz CT molecular complexity index is 1210. The number of nitrogens with two attached hydrogens (primary N) is 1. The zero-order valence-corrected chi connectivity index (χ0v) is 14.3. The van der Waals surface area contributed by atoms with Crippen LogP contribution in [-0.2, 0) is 4.74 Å². The van der Waals surface area contributed by atoms with Gasteiger partial charge in [-0.05, 0) is 31.2 Å². The van der Waals surface area contributed by atoms with Crippen molar-refractivity contribution in [3.05, 3.63) is 51.7 Å². The monoisotopic (exact) mass is 391 g/mol. The predicted molar refractivity (Wildman–Crippen MR) is 92.9 cm³/mol. The summed E-state index contributed by atoms with van der Waals surface area (Å²) in [6, 6.07) is 7.20. The molecule has 0 spiro atoms. The van der Waals surface area contributed by atoms with Gasteiger partial charge in [-0.15, -0.1) is 13.2 Å². The number of nitriles is 1. The van der Waals surface area contributed by atoms with Crippen LogP contribution in [0.2, 0.25) is 0 Å². The topological polar surface area (TPSA) is 107 Å². The Hall–Kier alpha value is -3.74. The summed E-state index contributed by atoms with van der Waals surface area (Å²) in [6.45, 7) is 1.65. The van der Waals surface area contributed by atoms with E-state index in [0.717, 1.165) is 18.2 Å². The number of ether oxygens (including phenoxy) is 2. The highest BCUT2D eigenvalue weighted by atomic mass is 19.4. The molecule has 0 saturated carbocycles. The Morgan fingerprint density at radius 3 is 2.57 bits per heavy atom. The van der Waals surface area contributed by atoms with Gasteiger partial charge in [0.1, 0.15) is 17.6 Å². The Balaban J connectivity index is 2.41. The van der Waals surface area contributed by atoms with Crippen LogP contribution in [0.4, 0.5) is 19.0 Å². The minimum atomic E-state index is -4.93. The van der Waals surface area contributed by atoms with E-state index >= 15 is 0 Å². The number of aromatic nitrogens is 1. The van der Waals surface area contributed by atoms with E-state index in [9.17, 15) is 28.0 Å². The molecule has 28 heavy (non-hydrogen) atoms. The summed E-state index contributed by atoms with van der Waals surface area (Å²) in [4.78, 5) is 24.8. The lowest BCUT2D eigenvalue weighted by atomic mass is 10.1. The van der Waals surface area contributed by atoms with Crippen molar-refractivity contribution in [2.45, 2.75) is 13.3 Å². The molecule has 7 nitrogen and oxygen atoms in total. The van der Waals surface area contributed by atoms with Crippen molar-refractivity contribution in [3.8, 4) is 11.8 Å². The molecular formula is C18H12F3N3O4. The summed E-state index contributed by atoms with van der Waals surface area (Å²) >= 11 is 0. The number of halogens is 3. The smallest absolute Gasteiger partial charge is 0.462 e. The highest BCUT2D eigenvalue weighted by Crippen LogP contribution is 2.29. The van der Waals surface area contributed by atoms with E-state index in [0.29, 0.717) is 0 Å². The fourth-order valence-electron chi connectivity index (χ4n) is 2.83. The van der Waals surface area contributed by atoms with Crippen LogP contribution in [0.5, 0.6) is 5.75 Å². The molecule has 2 aromatic heterocycles. The lowest BCUT2D eigenvalue weighted by Gasteiger charge is -2.15. The van der Waals surface area contributed by atoms with Crippen molar-refractivity contribution in [1.82, 2.24) is 4.40 Å². The van der Waals surface area contributed by atoms with E-state index in [-0.39, 0.29) is 40.0 Å². The molecule has 2 N–H and O–H groups in total. The number of carbonyl (C=O) groups excluding carboxylic acids is 1. The van der Waals surface area contributed by atoms with Gasteiger partial charge in [0.2, 0.25) is 0 Å². The normalized spacial score (nSPS) is 11.4. The van der Waals surface area contributed by atoms with Crippen LogP contribution in [-0.4, -0.2) is 23.3 Å². The molecule has 0 unspecified atom stereocenters. The molecule has 144 valence electrons. The lowest BCUT2D eigenvalue weighted by molar-refractivity contribution is -0.274. The first-order valence-corrected chi connectivity index (χ1v) is 7.91. The highest BCUT2D eigenvalue weighted by Gasteiger charge is 2.31. The van der Waals surface area contributed by atoms with Gasteiger partial charge in [0.25, 0.3) is 0 Å². The fraction of sp³-hybridized carbons (Fsp3) is 0.167. The highest BCUT2D eigenvalue weighted by molar-refractivity contribution is 6.00. The van der Waals surface area contributed by atoms with Crippen LogP contribution in [0.15, 0.2) is 35.1 Å². The number of fused-ring (bicyclic) bond motifs is 3. The third kappa shape index (κ3) is 3.29.